The van der Waals surface area contributed by atoms with E-state index in [0.29, 0.717) is 0 Å². The molecule has 0 radical (unpaired) electrons. The molecule has 0 heterocycles. The second kappa shape index (κ2) is 6.25. The van der Waals surface area contributed by atoms with Crippen molar-refractivity contribution in [2.45, 2.75) is 39.8 Å². The molecule has 0 aliphatic heterocycles. The zero-order valence-electron chi connectivity index (χ0n) is 8.92. The van der Waals surface area contributed by atoms with Gasteiger partial charge in [0.15, 0.2) is 0 Å². The van der Waals surface area contributed by atoms with Gasteiger partial charge in [-0.05, 0) is 39.3 Å². The van der Waals surface area contributed by atoms with E-state index in [-0.39, 0.29) is 29.2 Å². The average Bonchev–Trinajstić information content (AvgIpc) is 2.01. The van der Waals surface area contributed by atoms with Gasteiger partial charge in [-0.1, -0.05) is 0 Å². The molecule has 0 aromatic rings. The van der Waals surface area contributed by atoms with Gasteiger partial charge in [-0.15, -0.1) is 11.6 Å². The van der Waals surface area contributed by atoms with E-state index >= 15 is 0 Å². The second-order valence-corrected chi connectivity index (χ2v) is 4.09. The highest BCUT2D eigenvalue weighted by Gasteiger charge is 2.20. The first-order chi connectivity index (χ1) is 6.40. The molecule has 82 valence electrons. The summed E-state index contributed by atoms with van der Waals surface area (Å²) < 4.78 is 0. The van der Waals surface area contributed by atoms with Crippen molar-refractivity contribution in [1.29, 1.82) is 0 Å². The lowest BCUT2D eigenvalue weighted by atomic mass is 10.3. The third kappa shape index (κ3) is 4.29. The Kier molecular flexibility index (Phi) is 6.12. The van der Waals surface area contributed by atoms with Crippen LogP contribution in [0.1, 0.15) is 27.7 Å². The first kappa shape index (κ1) is 13.7. The van der Waals surface area contributed by atoms with Crippen molar-refractivity contribution in [3.05, 3.63) is 0 Å². The molecule has 0 aliphatic carbocycles. The van der Waals surface area contributed by atoms with Crippen molar-refractivity contribution >= 4 is 34.4 Å². The van der Waals surface area contributed by atoms with Crippen LogP contribution in [-0.4, -0.2) is 34.1 Å². The Balaban J connectivity index is 4.74. The van der Waals surface area contributed by atoms with Gasteiger partial charge in [-0.2, -0.15) is 0 Å². The summed E-state index contributed by atoms with van der Waals surface area (Å²) in [6, 6.07) is 0.0307. The number of amides is 1. The molecule has 0 saturated carbocycles. The molecule has 1 amide bonds. The highest BCUT2D eigenvalue weighted by Crippen LogP contribution is 2.07. The maximum absolute atomic E-state index is 11.4. The lowest BCUT2D eigenvalue weighted by Gasteiger charge is -2.24. The topological polar surface area (TPSA) is 32.7 Å². The minimum atomic E-state index is -0.226. The fourth-order valence-corrected chi connectivity index (χ4v) is 1.56. The van der Waals surface area contributed by atoms with Gasteiger partial charge in [0.05, 0.1) is 0 Å². The summed E-state index contributed by atoms with van der Waals surface area (Å²) >= 11 is 11.4. The number of aliphatic imine (C=N–C) groups is 1. The van der Waals surface area contributed by atoms with E-state index in [1.54, 1.807) is 0 Å². The third-order valence-corrected chi connectivity index (χ3v) is 1.97. The largest absolute Gasteiger partial charge is 0.284 e. The van der Waals surface area contributed by atoms with Gasteiger partial charge < -0.3 is 0 Å². The molecule has 0 aromatic carbocycles. The van der Waals surface area contributed by atoms with Crippen LogP contribution in [0.3, 0.4) is 0 Å². The first-order valence-electron chi connectivity index (χ1n) is 4.51. The molecule has 0 unspecified atom stereocenters. The van der Waals surface area contributed by atoms with Crippen molar-refractivity contribution in [2.75, 3.05) is 5.88 Å². The van der Waals surface area contributed by atoms with Crippen LogP contribution >= 0.6 is 23.2 Å². The van der Waals surface area contributed by atoms with Crippen LogP contribution in [0.2, 0.25) is 0 Å². The SMILES string of the molecule is CC(C)N=C(Cl)N(C(=O)CCl)C(C)C. The maximum Gasteiger partial charge on any atom is 0.243 e. The molecule has 0 atom stereocenters. The number of alkyl halides is 1. The summed E-state index contributed by atoms with van der Waals surface area (Å²) in [6.07, 6.45) is 0. The summed E-state index contributed by atoms with van der Waals surface area (Å²) in [5.74, 6) is -0.307. The molecule has 14 heavy (non-hydrogen) atoms. The van der Waals surface area contributed by atoms with Gasteiger partial charge in [0, 0.05) is 12.1 Å². The van der Waals surface area contributed by atoms with Gasteiger partial charge in [0.1, 0.15) is 5.88 Å². The summed E-state index contributed by atoms with van der Waals surface area (Å²) in [5.41, 5.74) is 0. The molecule has 5 heteroatoms. The van der Waals surface area contributed by atoms with E-state index in [9.17, 15) is 4.79 Å². The van der Waals surface area contributed by atoms with Gasteiger partial charge >= 0.3 is 0 Å². The summed E-state index contributed by atoms with van der Waals surface area (Å²) in [7, 11) is 0. The lowest BCUT2D eigenvalue weighted by molar-refractivity contribution is -0.125. The van der Waals surface area contributed by atoms with Crippen LogP contribution < -0.4 is 0 Å². The molecule has 0 bridgehead atoms. The average molecular weight is 239 g/mol. The Hall–Kier alpha value is -0.280. The van der Waals surface area contributed by atoms with E-state index in [4.69, 9.17) is 23.2 Å². The normalized spacial score (nSPS) is 12.4. The van der Waals surface area contributed by atoms with Crippen LogP contribution in [-0.2, 0) is 4.79 Å². The third-order valence-electron chi connectivity index (χ3n) is 1.46. The fraction of sp³-hybridized carbons (Fsp3) is 0.778. The van der Waals surface area contributed by atoms with E-state index in [2.05, 4.69) is 4.99 Å². The van der Waals surface area contributed by atoms with Gasteiger partial charge in [-0.25, -0.2) is 0 Å². The monoisotopic (exact) mass is 238 g/mol. The number of carbonyl (C=O) groups is 1. The Bertz CT molecular complexity index is 227. The molecule has 0 saturated heterocycles. The maximum atomic E-state index is 11.4. The fourth-order valence-electron chi connectivity index (χ4n) is 0.944. The molecule has 3 nitrogen and oxygen atoms in total. The predicted octanol–water partition coefficient (Wildman–Crippen LogP) is 2.47. The Labute approximate surface area is 95.1 Å². The molecule has 0 aliphatic rings. The van der Waals surface area contributed by atoms with Crippen LogP contribution in [0.5, 0.6) is 0 Å². The molecule has 0 rings (SSSR count). The number of carbonyl (C=O) groups excluding carboxylic acids is 1. The van der Waals surface area contributed by atoms with Crippen LogP contribution in [0.25, 0.3) is 0 Å². The van der Waals surface area contributed by atoms with Crippen molar-refractivity contribution in [2.24, 2.45) is 4.99 Å². The van der Waals surface area contributed by atoms with Crippen molar-refractivity contribution in [1.82, 2.24) is 4.90 Å². The lowest BCUT2D eigenvalue weighted by Crippen LogP contribution is -2.40. The standard InChI is InChI=1S/C9H16Cl2N2O/c1-6(2)12-9(11)13(7(3)4)8(14)5-10/h6-7H,5H2,1-4H3. The van der Waals surface area contributed by atoms with Crippen LogP contribution in [0, 0.1) is 0 Å². The number of rotatable bonds is 3. The van der Waals surface area contributed by atoms with Crippen LogP contribution in [0.15, 0.2) is 4.99 Å². The van der Waals surface area contributed by atoms with Crippen molar-refractivity contribution in [3.8, 4) is 0 Å². The zero-order valence-corrected chi connectivity index (χ0v) is 10.4. The highest BCUT2D eigenvalue weighted by molar-refractivity contribution is 6.66. The van der Waals surface area contributed by atoms with Crippen LogP contribution in [0.4, 0.5) is 0 Å². The Morgan fingerprint density at radius 2 is 1.86 bits per heavy atom. The number of halogens is 2. The minimum Gasteiger partial charge on any atom is -0.284 e. The summed E-state index contributed by atoms with van der Waals surface area (Å²) in [6.45, 7) is 7.52. The van der Waals surface area contributed by atoms with Gasteiger partial charge in [-0.3, -0.25) is 14.7 Å². The molecule has 0 fully saturated rings. The Morgan fingerprint density at radius 1 is 1.36 bits per heavy atom. The molecule has 0 spiro atoms. The summed E-state index contributed by atoms with van der Waals surface area (Å²) in [5, 5.41) is 0.209. The zero-order chi connectivity index (χ0) is 11.3. The van der Waals surface area contributed by atoms with E-state index < -0.39 is 0 Å². The van der Waals surface area contributed by atoms with E-state index in [1.165, 1.54) is 4.90 Å². The van der Waals surface area contributed by atoms with Crippen molar-refractivity contribution in [3.63, 3.8) is 0 Å². The molecule has 0 N–H and O–H groups in total. The quantitative estimate of drug-likeness (QED) is 0.322. The molecule has 0 aromatic heterocycles. The van der Waals surface area contributed by atoms with Gasteiger partial charge in [0.25, 0.3) is 0 Å². The Morgan fingerprint density at radius 3 is 2.14 bits per heavy atom. The molecular formula is C9H16Cl2N2O. The molecular weight excluding hydrogens is 223 g/mol. The number of hydrogen-bond donors (Lipinski definition) is 0. The second-order valence-electron chi connectivity index (χ2n) is 3.48. The highest BCUT2D eigenvalue weighted by atomic mass is 35.5. The smallest absolute Gasteiger partial charge is 0.243 e. The van der Waals surface area contributed by atoms with Crippen molar-refractivity contribution < 1.29 is 4.79 Å². The number of hydrogen-bond acceptors (Lipinski definition) is 2. The number of nitrogens with zero attached hydrogens (tertiary/aromatic N) is 2. The summed E-state index contributed by atoms with van der Waals surface area (Å²) in [4.78, 5) is 16.9. The minimum absolute atomic E-state index is 0.0313. The first-order valence-corrected chi connectivity index (χ1v) is 5.42. The van der Waals surface area contributed by atoms with Gasteiger partial charge in [0.2, 0.25) is 11.2 Å². The van der Waals surface area contributed by atoms with E-state index in [1.807, 2.05) is 27.7 Å². The predicted molar refractivity (Wildman–Crippen MR) is 61.1 cm³/mol. The van der Waals surface area contributed by atoms with E-state index in [0.717, 1.165) is 0 Å². The number of amidine groups is 1.